The maximum Gasteiger partial charge on any atom is 0.237 e. The lowest BCUT2D eigenvalue weighted by molar-refractivity contribution is -0.125. The van der Waals surface area contributed by atoms with Crippen molar-refractivity contribution in [3.05, 3.63) is 0 Å². The highest BCUT2D eigenvalue weighted by Gasteiger charge is 2.34. The van der Waals surface area contributed by atoms with Crippen molar-refractivity contribution >= 4 is 5.91 Å². The SMILES string of the molecule is CNC(=O)[C@H]1CCCN1C1CCNCC1. The van der Waals surface area contributed by atoms with Gasteiger partial charge in [0.2, 0.25) is 5.91 Å². The third kappa shape index (κ3) is 2.32. The number of amides is 1. The van der Waals surface area contributed by atoms with Crippen LogP contribution in [0.2, 0.25) is 0 Å². The molecule has 15 heavy (non-hydrogen) atoms. The van der Waals surface area contributed by atoms with Crippen LogP contribution in [0.15, 0.2) is 0 Å². The molecule has 0 unspecified atom stereocenters. The standard InChI is InChI=1S/C11H21N3O/c1-12-11(15)10-3-2-8-14(10)9-4-6-13-7-5-9/h9-10,13H,2-8H2,1H3,(H,12,15)/t10-/m1/s1. The van der Waals surface area contributed by atoms with Gasteiger partial charge >= 0.3 is 0 Å². The van der Waals surface area contributed by atoms with E-state index in [0.29, 0.717) is 6.04 Å². The van der Waals surface area contributed by atoms with Crippen molar-refractivity contribution in [2.75, 3.05) is 26.7 Å². The zero-order chi connectivity index (χ0) is 10.7. The number of nitrogens with one attached hydrogen (secondary N) is 2. The maximum atomic E-state index is 11.7. The quantitative estimate of drug-likeness (QED) is 0.673. The lowest BCUT2D eigenvalue weighted by Gasteiger charge is -2.34. The summed E-state index contributed by atoms with van der Waals surface area (Å²) in [6, 6.07) is 0.758. The predicted molar refractivity (Wildman–Crippen MR) is 59.7 cm³/mol. The van der Waals surface area contributed by atoms with Crippen molar-refractivity contribution < 1.29 is 4.79 Å². The molecule has 4 nitrogen and oxygen atoms in total. The minimum atomic E-state index is 0.137. The first-order valence-corrected chi connectivity index (χ1v) is 6.01. The van der Waals surface area contributed by atoms with E-state index < -0.39 is 0 Å². The van der Waals surface area contributed by atoms with E-state index in [9.17, 15) is 4.79 Å². The Morgan fingerprint density at radius 3 is 2.73 bits per heavy atom. The molecule has 0 aromatic rings. The fraction of sp³-hybridized carbons (Fsp3) is 0.909. The van der Waals surface area contributed by atoms with Gasteiger partial charge in [0, 0.05) is 13.1 Å². The minimum absolute atomic E-state index is 0.137. The third-order valence-electron chi connectivity index (χ3n) is 3.62. The van der Waals surface area contributed by atoms with Crippen molar-refractivity contribution in [2.24, 2.45) is 0 Å². The average molecular weight is 211 g/mol. The lowest BCUT2D eigenvalue weighted by Crippen LogP contribution is -2.50. The predicted octanol–water partition coefficient (Wildman–Crippen LogP) is -0.0512. The summed E-state index contributed by atoms with van der Waals surface area (Å²) in [4.78, 5) is 14.1. The Kier molecular flexibility index (Phi) is 3.59. The second kappa shape index (κ2) is 4.94. The van der Waals surface area contributed by atoms with E-state index in [4.69, 9.17) is 0 Å². The van der Waals surface area contributed by atoms with Crippen LogP contribution in [0.5, 0.6) is 0 Å². The summed E-state index contributed by atoms with van der Waals surface area (Å²) < 4.78 is 0. The number of piperidine rings is 1. The van der Waals surface area contributed by atoms with Crippen molar-refractivity contribution in [1.29, 1.82) is 0 Å². The molecule has 2 aliphatic rings. The van der Waals surface area contributed by atoms with E-state index in [0.717, 1.165) is 26.1 Å². The second-order valence-corrected chi connectivity index (χ2v) is 4.49. The van der Waals surface area contributed by atoms with Crippen molar-refractivity contribution in [3.8, 4) is 0 Å². The van der Waals surface area contributed by atoms with Crippen LogP contribution in [0.3, 0.4) is 0 Å². The highest BCUT2D eigenvalue weighted by molar-refractivity contribution is 5.81. The number of likely N-dealkylation sites (tertiary alicyclic amines) is 1. The Balaban J connectivity index is 1.97. The monoisotopic (exact) mass is 211 g/mol. The molecule has 4 heteroatoms. The van der Waals surface area contributed by atoms with Crippen LogP contribution in [0.1, 0.15) is 25.7 Å². The van der Waals surface area contributed by atoms with Gasteiger partial charge < -0.3 is 10.6 Å². The molecular weight excluding hydrogens is 190 g/mol. The van der Waals surface area contributed by atoms with E-state index in [1.165, 1.54) is 19.3 Å². The number of hydrogen-bond acceptors (Lipinski definition) is 3. The summed E-state index contributed by atoms with van der Waals surface area (Å²) in [6.45, 7) is 3.30. The Hall–Kier alpha value is -0.610. The van der Waals surface area contributed by atoms with Gasteiger partial charge in [-0.05, 0) is 45.3 Å². The van der Waals surface area contributed by atoms with Crippen molar-refractivity contribution in [3.63, 3.8) is 0 Å². The van der Waals surface area contributed by atoms with Crippen molar-refractivity contribution in [1.82, 2.24) is 15.5 Å². The van der Waals surface area contributed by atoms with Gasteiger partial charge in [0.15, 0.2) is 0 Å². The number of carbonyl (C=O) groups excluding carboxylic acids is 1. The number of hydrogen-bond donors (Lipinski definition) is 2. The normalized spacial score (nSPS) is 29.3. The van der Waals surface area contributed by atoms with Gasteiger partial charge in [0.1, 0.15) is 0 Å². The smallest absolute Gasteiger partial charge is 0.237 e. The first-order valence-electron chi connectivity index (χ1n) is 6.01. The molecule has 0 radical (unpaired) electrons. The fourth-order valence-electron chi connectivity index (χ4n) is 2.81. The van der Waals surface area contributed by atoms with Crippen LogP contribution >= 0.6 is 0 Å². The molecule has 2 N–H and O–H groups in total. The van der Waals surface area contributed by atoms with Crippen LogP contribution in [0.4, 0.5) is 0 Å². The molecule has 0 aromatic carbocycles. The van der Waals surface area contributed by atoms with E-state index in [1.807, 2.05) is 0 Å². The first-order chi connectivity index (χ1) is 7.33. The lowest BCUT2D eigenvalue weighted by atomic mass is 10.0. The molecule has 0 saturated carbocycles. The van der Waals surface area contributed by atoms with Crippen LogP contribution in [-0.2, 0) is 4.79 Å². The van der Waals surface area contributed by atoms with E-state index in [-0.39, 0.29) is 11.9 Å². The Bertz CT molecular complexity index is 226. The van der Waals surface area contributed by atoms with Gasteiger partial charge in [-0.1, -0.05) is 0 Å². The highest BCUT2D eigenvalue weighted by Crippen LogP contribution is 2.24. The van der Waals surface area contributed by atoms with Crippen LogP contribution in [0.25, 0.3) is 0 Å². The minimum Gasteiger partial charge on any atom is -0.358 e. The first kappa shape index (κ1) is 10.9. The van der Waals surface area contributed by atoms with E-state index in [2.05, 4.69) is 15.5 Å². The topological polar surface area (TPSA) is 44.4 Å². The highest BCUT2D eigenvalue weighted by atomic mass is 16.2. The molecule has 0 aliphatic carbocycles. The number of likely N-dealkylation sites (N-methyl/N-ethyl adjacent to an activating group) is 1. The van der Waals surface area contributed by atoms with Gasteiger partial charge in [-0.25, -0.2) is 0 Å². The van der Waals surface area contributed by atoms with Gasteiger partial charge in [-0.2, -0.15) is 0 Å². The molecule has 0 spiro atoms. The van der Waals surface area contributed by atoms with Crippen LogP contribution in [-0.4, -0.2) is 49.6 Å². The average Bonchev–Trinajstić information content (AvgIpc) is 2.78. The van der Waals surface area contributed by atoms with Gasteiger partial charge in [0.05, 0.1) is 6.04 Å². The molecule has 0 bridgehead atoms. The summed E-state index contributed by atoms with van der Waals surface area (Å²) in [5, 5.41) is 6.15. The molecule has 86 valence electrons. The molecule has 1 atom stereocenters. The Morgan fingerprint density at radius 1 is 1.33 bits per heavy atom. The largest absolute Gasteiger partial charge is 0.358 e. The summed E-state index contributed by atoms with van der Waals surface area (Å²) in [5.74, 6) is 0.200. The van der Waals surface area contributed by atoms with Gasteiger partial charge in [-0.15, -0.1) is 0 Å². The van der Waals surface area contributed by atoms with E-state index in [1.54, 1.807) is 7.05 Å². The number of nitrogens with zero attached hydrogens (tertiary/aromatic N) is 1. The Labute approximate surface area is 91.4 Å². The molecule has 0 aromatic heterocycles. The molecule has 2 rings (SSSR count). The van der Waals surface area contributed by atoms with Gasteiger partial charge in [-0.3, -0.25) is 9.69 Å². The molecule has 2 fully saturated rings. The summed E-state index contributed by atoms with van der Waals surface area (Å²) in [7, 11) is 1.74. The van der Waals surface area contributed by atoms with E-state index >= 15 is 0 Å². The van der Waals surface area contributed by atoms with Crippen LogP contribution in [0, 0.1) is 0 Å². The molecule has 2 heterocycles. The maximum absolute atomic E-state index is 11.7. The molecule has 2 saturated heterocycles. The molecule has 1 amide bonds. The summed E-state index contributed by atoms with van der Waals surface area (Å²) in [5.41, 5.74) is 0. The van der Waals surface area contributed by atoms with Gasteiger partial charge in [0.25, 0.3) is 0 Å². The second-order valence-electron chi connectivity index (χ2n) is 4.49. The van der Waals surface area contributed by atoms with Crippen molar-refractivity contribution in [2.45, 2.75) is 37.8 Å². The van der Waals surface area contributed by atoms with Crippen LogP contribution < -0.4 is 10.6 Å². The Morgan fingerprint density at radius 2 is 2.07 bits per heavy atom. The molecular formula is C11H21N3O. The zero-order valence-corrected chi connectivity index (χ0v) is 9.46. The summed E-state index contributed by atoms with van der Waals surface area (Å²) >= 11 is 0. The number of carbonyl (C=O) groups is 1. The number of rotatable bonds is 2. The fourth-order valence-corrected chi connectivity index (χ4v) is 2.81. The molecule has 2 aliphatic heterocycles. The zero-order valence-electron chi connectivity index (χ0n) is 9.46. The third-order valence-corrected chi connectivity index (χ3v) is 3.62. The summed E-state index contributed by atoms with van der Waals surface area (Å²) in [6.07, 6.45) is 4.58.